The Hall–Kier alpha value is -0.750. The van der Waals surface area contributed by atoms with Crippen molar-refractivity contribution >= 4 is 34.2 Å². The molecule has 1 aliphatic rings. The average molecular weight is 244 g/mol. The second kappa shape index (κ2) is 3.68. The highest BCUT2D eigenvalue weighted by molar-refractivity contribution is 8.02. The summed E-state index contributed by atoms with van der Waals surface area (Å²) < 4.78 is 0.217. The molecule has 0 amide bonds. The van der Waals surface area contributed by atoms with Crippen molar-refractivity contribution < 1.29 is 9.90 Å². The van der Waals surface area contributed by atoms with E-state index in [1.165, 1.54) is 17.5 Å². The third-order valence-corrected chi connectivity index (χ3v) is 4.92. The van der Waals surface area contributed by atoms with Gasteiger partial charge in [0.1, 0.15) is 4.88 Å². The van der Waals surface area contributed by atoms with Gasteiger partial charge in [-0.2, -0.15) is 11.8 Å². The minimum absolute atomic E-state index is 0.217. The van der Waals surface area contributed by atoms with Crippen LogP contribution < -0.4 is 5.32 Å². The molecule has 0 bridgehead atoms. The number of hydrogen-bond donors (Lipinski definition) is 2. The fourth-order valence-electron chi connectivity index (χ4n) is 1.30. The maximum absolute atomic E-state index is 10.6. The topological polar surface area (TPSA) is 62.2 Å². The molecule has 1 saturated heterocycles. The standard InChI is InChI=1S/C9H12N2O2S2/c1-9(2)6(4-14-9)11-8-10-3-5(15-8)7(12)13/h3,6H,4H2,1-2H3,(H,10,11)(H,12,13). The molecule has 15 heavy (non-hydrogen) atoms. The van der Waals surface area contributed by atoms with E-state index in [0.29, 0.717) is 11.2 Å². The first-order valence-corrected chi connectivity index (χ1v) is 6.39. The van der Waals surface area contributed by atoms with Crippen LogP contribution in [0.2, 0.25) is 0 Å². The van der Waals surface area contributed by atoms with Gasteiger partial charge in [-0.25, -0.2) is 9.78 Å². The van der Waals surface area contributed by atoms with Crippen molar-refractivity contribution in [2.75, 3.05) is 11.1 Å². The van der Waals surface area contributed by atoms with Crippen molar-refractivity contribution in [3.05, 3.63) is 11.1 Å². The van der Waals surface area contributed by atoms with E-state index in [1.807, 2.05) is 11.8 Å². The van der Waals surface area contributed by atoms with Crippen LogP contribution in [-0.2, 0) is 0 Å². The predicted molar refractivity (Wildman–Crippen MR) is 63.0 cm³/mol. The number of anilines is 1. The lowest BCUT2D eigenvalue weighted by molar-refractivity contribution is 0.0702. The Kier molecular flexibility index (Phi) is 2.64. The molecule has 0 spiro atoms. The highest BCUT2D eigenvalue weighted by Crippen LogP contribution is 2.41. The predicted octanol–water partition coefficient (Wildman–Crippen LogP) is 2.15. The van der Waals surface area contributed by atoms with Crippen LogP contribution in [-0.4, -0.2) is 32.6 Å². The Morgan fingerprint density at radius 3 is 2.87 bits per heavy atom. The van der Waals surface area contributed by atoms with Crippen LogP contribution in [0.1, 0.15) is 23.5 Å². The van der Waals surface area contributed by atoms with Gasteiger partial charge in [-0.1, -0.05) is 11.3 Å². The van der Waals surface area contributed by atoms with Crippen LogP contribution in [0.25, 0.3) is 0 Å². The van der Waals surface area contributed by atoms with E-state index in [-0.39, 0.29) is 9.62 Å². The molecule has 0 radical (unpaired) electrons. The van der Waals surface area contributed by atoms with Gasteiger partial charge >= 0.3 is 5.97 Å². The Balaban J connectivity index is 2.02. The van der Waals surface area contributed by atoms with Crippen molar-refractivity contribution in [2.45, 2.75) is 24.6 Å². The molecule has 0 saturated carbocycles. The quantitative estimate of drug-likeness (QED) is 0.853. The lowest BCUT2D eigenvalue weighted by Gasteiger charge is -2.43. The molecule has 6 heteroatoms. The van der Waals surface area contributed by atoms with E-state index in [4.69, 9.17) is 5.11 Å². The number of nitrogens with one attached hydrogen (secondary N) is 1. The zero-order chi connectivity index (χ0) is 11.1. The maximum Gasteiger partial charge on any atom is 0.347 e. The number of carboxylic acids is 1. The SMILES string of the molecule is CC1(C)SCC1Nc1ncc(C(=O)O)s1. The Bertz CT molecular complexity index is 389. The first kappa shape index (κ1) is 10.8. The lowest BCUT2D eigenvalue weighted by Crippen LogP contribution is -2.50. The van der Waals surface area contributed by atoms with Crippen LogP contribution in [0.4, 0.5) is 5.13 Å². The normalized spacial score (nSPS) is 23.2. The molecule has 1 atom stereocenters. The summed E-state index contributed by atoms with van der Waals surface area (Å²) in [6.45, 7) is 4.34. The number of aromatic nitrogens is 1. The van der Waals surface area contributed by atoms with Crippen LogP contribution >= 0.6 is 23.1 Å². The smallest absolute Gasteiger partial charge is 0.347 e. The zero-order valence-electron chi connectivity index (χ0n) is 8.48. The summed E-state index contributed by atoms with van der Waals surface area (Å²) in [6.07, 6.45) is 1.40. The molecule has 2 N–H and O–H groups in total. The third kappa shape index (κ3) is 2.10. The van der Waals surface area contributed by atoms with E-state index in [9.17, 15) is 4.79 Å². The maximum atomic E-state index is 10.6. The third-order valence-electron chi connectivity index (χ3n) is 2.48. The van der Waals surface area contributed by atoms with Gasteiger partial charge in [-0.3, -0.25) is 0 Å². The second-order valence-electron chi connectivity index (χ2n) is 3.95. The monoisotopic (exact) mass is 244 g/mol. The van der Waals surface area contributed by atoms with E-state index in [2.05, 4.69) is 24.1 Å². The van der Waals surface area contributed by atoms with Gasteiger partial charge in [0.15, 0.2) is 5.13 Å². The molecule has 1 aliphatic heterocycles. The summed E-state index contributed by atoms with van der Waals surface area (Å²) >= 11 is 3.09. The highest BCUT2D eigenvalue weighted by Gasteiger charge is 2.39. The van der Waals surface area contributed by atoms with Gasteiger partial charge in [-0.15, -0.1) is 0 Å². The fourth-order valence-corrected chi connectivity index (χ4v) is 3.15. The number of rotatable bonds is 3. The number of carbonyl (C=O) groups is 1. The number of thiazole rings is 1. The van der Waals surface area contributed by atoms with E-state index in [0.717, 1.165) is 5.75 Å². The Labute approximate surface area is 96.1 Å². The minimum atomic E-state index is -0.914. The van der Waals surface area contributed by atoms with Crippen molar-refractivity contribution in [3.8, 4) is 0 Å². The average Bonchev–Trinajstić information content (AvgIpc) is 2.61. The summed E-state index contributed by atoms with van der Waals surface area (Å²) in [5, 5.41) is 12.7. The van der Waals surface area contributed by atoms with E-state index < -0.39 is 5.97 Å². The van der Waals surface area contributed by atoms with E-state index >= 15 is 0 Å². The van der Waals surface area contributed by atoms with Gasteiger partial charge in [0, 0.05) is 10.5 Å². The second-order valence-corrected chi connectivity index (χ2v) is 6.65. The minimum Gasteiger partial charge on any atom is -0.477 e. The molecule has 1 fully saturated rings. The first-order chi connectivity index (χ1) is 6.99. The number of aromatic carboxylic acids is 1. The molecule has 4 nitrogen and oxygen atoms in total. The molecular formula is C9H12N2O2S2. The van der Waals surface area contributed by atoms with Crippen molar-refractivity contribution in [3.63, 3.8) is 0 Å². The summed E-state index contributed by atoms with van der Waals surface area (Å²) in [6, 6.07) is 0.385. The van der Waals surface area contributed by atoms with Gasteiger partial charge in [0.25, 0.3) is 0 Å². The van der Waals surface area contributed by atoms with Crippen LogP contribution in [0.5, 0.6) is 0 Å². The van der Waals surface area contributed by atoms with Crippen LogP contribution in [0.15, 0.2) is 6.20 Å². The fraction of sp³-hybridized carbons (Fsp3) is 0.556. The number of hydrogen-bond acceptors (Lipinski definition) is 5. The summed E-state index contributed by atoms with van der Waals surface area (Å²) in [5.74, 6) is 0.137. The molecule has 2 heterocycles. The number of carboxylic acid groups (broad SMARTS) is 1. The Morgan fingerprint density at radius 2 is 2.47 bits per heavy atom. The number of thioether (sulfide) groups is 1. The number of nitrogens with zero attached hydrogens (tertiary/aromatic N) is 1. The lowest BCUT2D eigenvalue weighted by atomic mass is 10.0. The summed E-state index contributed by atoms with van der Waals surface area (Å²) in [7, 11) is 0. The molecule has 1 unspecified atom stereocenters. The molecular weight excluding hydrogens is 232 g/mol. The Morgan fingerprint density at radius 1 is 1.73 bits per heavy atom. The van der Waals surface area contributed by atoms with Crippen molar-refractivity contribution in [1.29, 1.82) is 0 Å². The van der Waals surface area contributed by atoms with Crippen molar-refractivity contribution in [1.82, 2.24) is 4.98 Å². The van der Waals surface area contributed by atoms with Gasteiger partial charge in [0.05, 0.1) is 12.2 Å². The molecule has 0 aromatic carbocycles. The first-order valence-electron chi connectivity index (χ1n) is 4.58. The zero-order valence-corrected chi connectivity index (χ0v) is 10.1. The molecule has 82 valence electrons. The molecule has 1 aromatic rings. The van der Waals surface area contributed by atoms with Gasteiger partial charge in [-0.05, 0) is 13.8 Å². The van der Waals surface area contributed by atoms with Crippen LogP contribution in [0, 0.1) is 0 Å². The highest BCUT2D eigenvalue weighted by atomic mass is 32.2. The summed E-state index contributed by atoms with van der Waals surface area (Å²) in [5.41, 5.74) is 0. The molecule has 2 rings (SSSR count). The van der Waals surface area contributed by atoms with Gasteiger partial charge < -0.3 is 10.4 Å². The summed E-state index contributed by atoms with van der Waals surface area (Å²) in [4.78, 5) is 15.0. The van der Waals surface area contributed by atoms with E-state index in [1.54, 1.807) is 0 Å². The largest absolute Gasteiger partial charge is 0.477 e. The van der Waals surface area contributed by atoms with Crippen LogP contribution in [0.3, 0.4) is 0 Å². The van der Waals surface area contributed by atoms with Crippen molar-refractivity contribution in [2.24, 2.45) is 0 Å². The molecule has 1 aromatic heterocycles. The molecule has 0 aliphatic carbocycles. The van der Waals surface area contributed by atoms with Gasteiger partial charge in [0.2, 0.25) is 0 Å².